The lowest BCUT2D eigenvalue weighted by molar-refractivity contribution is -0.177. The number of fused-ring (bicyclic) bond motifs is 2. The van der Waals surface area contributed by atoms with Crippen molar-refractivity contribution in [1.29, 1.82) is 0 Å². The van der Waals surface area contributed by atoms with E-state index in [2.05, 4.69) is 29.2 Å². The predicted octanol–water partition coefficient (Wildman–Crippen LogP) is 5.09. The quantitative estimate of drug-likeness (QED) is 0.523. The van der Waals surface area contributed by atoms with E-state index in [4.69, 9.17) is 9.47 Å². The maximum atomic E-state index is 12.8. The second kappa shape index (κ2) is 11.0. The van der Waals surface area contributed by atoms with Gasteiger partial charge in [0.05, 0.1) is 6.61 Å². The molecule has 2 aromatic rings. The van der Waals surface area contributed by atoms with Crippen molar-refractivity contribution in [1.82, 2.24) is 9.80 Å². The van der Waals surface area contributed by atoms with E-state index < -0.39 is 17.2 Å². The van der Waals surface area contributed by atoms with Crippen LogP contribution in [0.15, 0.2) is 60.7 Å². The number of carboxylic acids is 1. The van der Waals surface area contributed by atoms with E-state index in [-0.39, 0.29) is 31.0 Å². The molecule has 0 saturated carbocycles. The summed E-state index contributed by atoms with van der Waals surface area (Å²) in [7, 11) is 0. The molecular weight excluding hydrogens is 456 g/mol. The van der Waals surface area contributed by atoms with Crippen LogP contribution in [0.3, 0.4) is 0 Å². The number of ether oxygens (including phenoxy) is 2. The monoisotopic (exact) mass is 494 g/mol. The summed E-state index contributed by atoms with van der Waals surface area (Å²) in [6, 6.07) is 20.2. The van der Waals surface area contributed by atoms with Crippen LogP contribution < -0.4 is 0 Å². The van der Waals surface area contributed by atoms with Crippen molar-refractivity contribution in [3.8, 4) is 0 Å². The summed E-state index contributed by atoms with van der Waals surface area (Å²) in [6.45, 7) is 7.93. The van der Waals surface area contributed by atoms with Gasteiger partial charge in [-0.3, -0.25) is 4.90 Å². The summed E-state index contributed by atoms with van der Waals surface area (Å²) >= 11 is 0. The van der Waals surface area contributed by atoms with E-state index in [9.17, 15) is 14.7 Å². The summed E-state index contributed by atoms with van der Waals surface area (Å²) in [5.41, 5.74) is 0.528. The van der Waals surface area contributed by atoms with Gasteiger partial charge in [-0.25, -0.2) is 9.59 Å². The topological polar surface area (TPSA) is 79.3 Å². The van der Waals surface area contributed by atoms with Gasteiger partial charge in [-0.2, -0.15) is 0 Å². The van der Waals surface area contributed by atoms with Gasteiger partial charge in [0.2, 0.25) is 0 Å². The van der Waals surface area contributed by atoms with E-state index in [1.165, 1.54) is 11.1 Å². The molecule has 1 amide bonds. The maximum absolute atomic E-state index is 12.8. The standard InChI is InChI=1S/C29H38N2O5/c1-28(2,3)36-27(34)31-24-14-15-25(31)19-29(18-24,26(32)33)35-17-16-30(20-22-10-6-4-7-11-22)21-23-12-8-5-9-13-23/h4-13,24-25H,14-21H2,1-3H3,(H,32,33). The fourth-order valence-corrected chi connectivity index (χ4v) is 5.44. The lowest BCUT2D eigenvalue weighted by atomic mass is 9.86. The Morgan fingerprint density at radius 3 is 1.89 bits per heavy atom. The number of piperidine rings is 1. The zero-order chi connectivity index (χ0) is 25.8. The van der Waals surface area contributed by atoms with E-state index in [0.717, 1.165) is 25.9 Å². The van der Waals surface area contributed by atoms with Gasteiger partial charge in [-0.05, 0) is 44.7 Å². The Morgan fingerprint density at radius 2 is 1.44 bits per heavy atom. The molecular formula is C29H38N2O5. The molecule has 2 aliphatic rings. The zero-order valence-corrected chi connectivity index (χ0v) is 21.6. The Kier molecular flexibility index (Phi) is 8.00. The molecule has 4 rings (SSSR count). The first-order valence-electron chi connectivity index (χ1n) is 12.8. The minimum Gasteiger partial charge on any atom is -0.479 e. The molecule has 2 fully saturated rings. The number of hydrogen-bond acceptors (Lipinski definition) is 5. The summed E-state index contributed by atoms with van der Waals surface area (Å²) in [5, 5.41) is 10.2. The third-order valence-electron chi connectivity index (χ3n) is 7.03. The number of carboxylic acid groups (broad SMARTS) is 1. The molecule has 36 heavy (non-hydrogen) atoms. The Morgan fingerprint density at radius 1 is 0.944 bits per heavy atom. The molecule has 2 aliphatic heterocycles. The second-order valence-electron chi connectivity index (χ2n) is 11.0. The predicted molar refractivity (Wildman–Crippen MR) is 137 cm³/mol. The highest BCUT2D eigenvalue weighted by Crippen LogP contribution is 2.43. The fourth-order valence-electron chi connectivity index (χ4n) is 5.44. The zero-order valence-electron chi connectivity index (χ0n) is 21.6. The Hall–Kier alpha value is -2.90. The number of carbonyl (C=O) groups excluding carboxylic acids is 1. The van der Waals surface area contributed by atoms with E-state index in [1.54, 1.807) is 4.90 Å². The molecule has 2 saturated heterocycles. The molecule has 0 spiro atoms. The molecule has 2 heterocycles. The average Bonchev–Trinajstić information content (AvgIpc) is 3.10. The third-order valence-corrected chi connectivity index (χ3v) is 7.03. The molecule has 0 aliphatic carbocycles. The van der Waals surface area contributed by atoms with Crippen LogP contribution in [0.2, 0.25) is 0 Å². The summed E-state index contributed by atoms with van der Waals surface area (Å²) < 4.78 is 11.8. The van der Waals surface area contributed by atoms with Crippen LogP contribution in [0.5, 0.6) is 0 Å². The number of amides is 1. The first kappa shape index (κ1) is 26.2. The van der Waals surface area contributed by atoms with Crippen molar-refractivity contribution in [3.63, 3.8) is 0 Å². The molecule has 2 unspecified atom stereocenters. The van der Waals surface area contributed by atoms with E-state index >= 15 is 0 Å². The molecule has 2 bridgehead atoms. The molecule has 1 N–H and O–H groups in total. The van der Waals surface area contributed by atoms with Crippen LogP contribution in [0.4, 0.5) is 4.79 Å². The highest BCUT2D eigenvalue weighted by Gasteiger charge is 2.55. The molecule has 0 aromatic heterocycles. The summed E-state index contributed by atoms with van der Waals surface area (Å²) in [4.78, 5) is 29.3. The molecule has 0 radical (unpaired) electrons. The van der Waals surface area contributed by atoms with Gasteiger partial charge in [0.1, 0.15) is 5.60 Å². The highest BCUT2D eigenvalue weighted by molar-refractivity contribution is 5.79. The van der Waals surface area contributed by atoms with E-state index in [0.29, 0.717) is 13.2 Å². The first-order valence-corrected chi connectivity index (χ1v) is 12.8. The van der Waals surface area contributed by atoms with Crippen LogP contribution in [-0.2, 0) is 27.4 Å². The van der Waals surface area contributed by atoms with Crippen molar-refractivity contribution in [2.45, 2.75) is 82.8 Å². The van der Waals surface area contributed by atoms with Crippen molar-refractivity contribution in [3.05, 3.63) is 71.8 Å². The van der Waals surface area contributed by atoms with Crippen LogP contribution >= 0.6 is 0 Å². The van der Waals surface area contributed by atoms with Crippen LogP contribution in [-0.4, -0.2) is 63.4 Å². The number of carbonyl (C=O) groups is 2. The first-order chi connectivity index (χ1) is 17.2. The maximum Gasteiger partial charge on any atom is 0.410 e. The number of aliphatic carboxylic acids is 1. The summed E-state index contributed by atoms with van der Waals surface area (Å²) in [6.07, 6.45) is 1.77. The van der Waals surface area contributed by atoms with Gasteiger partial charge < -0.3 is 19.5 Å². The molecule has 7 nitrogen and oxygen atoms in total. The molecule has 194 valence electrons. The number of hydrogen-bond donors (Lipinski definition) is 1. The number of nitrogens with zero attached hydrogens (tertiary/aromatic N) is 2. The van der Waals surface area contributed by atoms with Gasteiger partial charge in [0.25, 0.3) is 0 Å². The lowest BCUT2D eigenvalue weighted by Crippen LogP contribution is -2.58. The Labute approximate surface area is 214 Å². The van der Waals surface area contributed by atoms with Crippen LogP contribution in [0, 0.1) is 0 Å². The van der Waals surface area contributed by atoms with Crippen molar-refractivity contribution in [2.75, 3.05) is 13.2 Å². The van der Waals surface area contributed by atoms with Crippen LogP contribution in [0.25, 0.3) is 0 Å². The van der Waals surface area contributed by atoms with Gasteiger partial charge in [-0.1, -0.05) is 60.7 Å². The van der Waals surface area contributed by atoms with Crippen LogP contribution in [0.1, 0.15) is 57.6 Å². The smallest absolute Gasteiger partial charge is 0.410 e. The minimum atomic E-state index is -1.28. The van der Waals surface area contributed by atoms with Gasteiger partial charge in [0, 0.05) is 44.6 Å². The molecule has 7 heteroatoms. The normalized spacial score (nSPS) is 23.6. The summed E-state index contributed by atoms with van der Waals surface area (Å²) in [5.74, 6) is -0.944. The Balaban J connectivity index is 1.42. The SMILES string of the molecule is CC(C)(C)OC(=O)N1C2CCC1CC(OCCN(Cc1ccccc1)Cc1ccccc1)(C(=O)O)C2. The fraction of sp³-hybridized carbons (Fsp3) is 0.517. The number of rotatable bonds is 9. The van der Waals surface area contributed by atoms with Crippen molar-refractivity contribution < 1.29 is 24.2 Å². The number of benzene rings is 2. The van der Waals surface area contributed by atoms with Gasteiger partial charge in [0.15, 0.2) is 5.60 Å². The molecule has 2 aromatic carbocycles. The van der Waals surface area contributed by atoms with Gasteiger partial charge >= 0.3 is 12.1 Å². The largest absolute Gasteiger partial charge is 0.479 e. The van der Waals surface area contributed by atoms with Crippen molar-refractivity contribution >= 4 is 12.1 Å². The highest BCUT2D eigenvalue weighted by atomic mass is 16.6. The molecule has 2 atom stereocenters. The average molecular weight is 495 g/mol. The van der Waals surface area contributed by atoms with E-state index in [1.807, 2.05) is 57.2 Å². The van der Waals surface area contributed by atoms with Gasteiger partial charge in [-0.15, -0.1) is 0 Å². The Bertz CT molecular complexity index is 965. The van der Waals surface area contributed by atoms with Crippen molar-refractivity contribution in [2.24, 2.45) is 0 Å². The minimum absolute atomic E-state index is 0.181. The lowest BCUT2D eigenvalue weighted by Gasteiger charge is -2.44. The third kappa shape index (κ3) is 6.45. The second-order valence-corrected chi connectivity index (χ2v) is 11.0.